The van der Waals surface area contributed by atoms with Gasteiger partial charge in [0.1, 0.15) is 0 Å². The first kappa shape index (κ1) is 11.0. The maximum atomic E-state index is 10.5. The Morgan fingerprint density at radius 1 is 1.50 bits per heavy atom. The molecule has 0 amide bonds. The minimum atomic E-state index is -0.910. The molecule has 0 heterocycles. The number of rotatable bonds is 3. The number of aliphatic carboxylic acids is 1. The van der Waals surface area contributed by atoms with Crippen molar-refractivity contribution < 1.29 is 9.90 Å². The molecule has 1 aromatic rings. The number of alkyl halides is 1. The molecule has 1 rings (SSSR count). The highest BCUT2D eigenvalue weighted by atomic mass is 79.9. The first-order valence-corrected chi connectivity index (χ1v) is 5.32. The van der Waals surface area contributed by atoms with E-state index >= 15 is 0 Å². The Morgan fingerprint density at radius 2 is 2.14 bits per heavy atom. The van der Waals surface area contributed by atoms with E-state index in [1.165, 1.54) is 6.08 Å². The molecule has 3 heteroatoms. The Hall–Kier alpha value is -1.09. The van der Waals surface area contributed by atoms with E-state index in [0.29, 0.717) is 0 Å². The largest absolute Gasteiger partial charge is 0.478 e. The lowest BCUT2D eigenvalue weighted by atomic mass is 10.0. The Kier molecular flexibility index (Phi) is 3.89. The molecule has 14 heavy (non-hydrogen) atoms. The molecule has 74 valence electrons. The van der Waals surface area contributed by atoms with E-state index in [2.05, 4.69) is 15.9 Å². The molecular formula is C11H11BrO2. The number of benzene rings is 1. The molecule has 0 atom stereocenters. The lowest BCUT2D eigenvalue weighted by Crippen LogP contribution is -1.93. The first-order valence-electron chi connectivity index (χ1n) is 4.20. The van der Waals surface area contributed by atoms with E-state index in [1.807, 2.05) is 24.3 Å². The lowest BCUT2D eigenvalue weighted by molar-refractivity contribution is -0.131. The summed E-state index contributed by atoms with van der Waals surface area (Å²) >= 11 is 3.37. The van der Waals surface area contributed by atoms with Crippen molar-refractivity contribution in [2.24, 2.45) is 0 Å². The van der Waals surface area contributed by atoms with Crippen LogP contribution in [0.4, 0.5) is 0 Å². The summed E-state index contributed by atoms with van der Waals surface area (Å²) in [4.78, 5) is 10.5. The maximum Gasteiger partial charge on any atom is 0.328 e. The average molecular weight is 255 g/mol. The highest BCUT2D eigenvalue weighted by Crippen LogP contribution is 2.20. The van der Waals surface area contributed by atoms with Crippen LogP contribution in [0.15, 0.2) is 30.3 Å². The van der Waals surface area contributed by atoms with Crippen LogP contribution in [0.25, 0.3) is 5.57 Å². The van der Waals surface area contributed by atoms with Crippen LogP contribution in [-0.4, -0.2) is 11.1 Å². The van der Waals surface area contributed by atoms with Gasteiger partial charge in [0.15, 0.2) is 0 Å². The summed E-state index contributed by atoms with van der Waals surface area (Å²) in [5.41, 5.74) is 2.85. The Labute approximate surface area is 91.4 Å². The molecule has 0 aliphatic carbocycles. The van der Waals surface area contributed by atoms with Crippen molar-refractivity contribution >= 4 is 27.5 Å². The van der Waals surface area contributed by atoms with Crippen LogP contribution >= 0.6 is 15.9 Å². The molecule has 0 radical (unpaired) electrons. The van der Waals surface area contributed by atoms with Gasteiger partial charge in [-0.1, -0.05) is 40.2 Å². The monoisotopic (exact) mass is 254 g/mol. The van der Waals surface area contributed by atoms with Crippen LogP contribution in [0.5, 0.6) is 0 Å². The fraction of sp³-hybridized carbons (Fsp3) is 0.182. The van der Waals surface area contributed by atoms with Crippen LogP contribution in [0.3, 0.4) is 0 Å². The van der Waals surface area contributed by atoms with Crippen LogP contribution in [0.2, 0.25) is 0 Å². The zero-order valence-electron chi connectivity index (χ0n) is 7.83. The van der Waals surface area contributed by atoms with Gasteiger partial charge in [0.05, 0.1) is 0 Å². The molecule has 1 aromatic carbocycles. The second kappa shape index (κ2) is 4.96. The van der Waals surface area contributed by atoms with Gasteiger partial charge in [0, 0.05) is 11.4 Å². The number of allylic oxidation sites excluding steroid dienone is 1. The predicted molar refractivity (Wildman–Crippen MR) is 60.4 cm³/mol. The van der Waals surface area contributed by atoms with Gasteiger partial charge >= 0.3 is 5.97 Å². The van der Waals surface area contributed by atoms with E-state index in [-0.39, 0.29) is 0 Å². The topological polar surface area (TPSA) is 37.3 Å². The summed E-state index contributed by atoms with van der Waals surface area (Å²) in [5, 5.41) is 9.35. The number of carboxylic acid groups (broad SMARTS) is 1. The third-order valence-corrected chi connectivity index (χ3v) is 2.53. The van der Waals surface area contributed by atoms with Crippen molar-refractivity contribution in [3.05, 3.63) is 41.5 Å². The number of hydrogen-bond acceptors (Lipinski definition) is 1. The number of hydrogen-bond donors (Lipinski definition) is 1. The summed E-state index contributed by atoms with van der Waals surface area (Å²) in [6, 6.07) is 7.74. The second-order valence-corrected chi connectivity index (χ2v) is 3.52. The SMILES string of the molecule is CC(=CC(=O)O)c1ccccc1CBr. The van der Waals surface area contributed by atoms with Gasteiger partial charge in [-0.2, -0.15) is 0 Å². The summed E-state index contributed by atoms with van der Waals surface area (Å²) < 4.78 is 0. The average Bonchev–Trinajstić information content (AvgIpc) is 2.16. The molecule has 1 N–H and O–H groups in total. The van der Waals surface area contributed by atoms with E-state index in [9.17, 15) is 4.79 Å². The third kappa shape index (κ3) is 2.70. The fourth-order valence-electron chi connectivity index (χ4n) is 1.28. The fourth-order valence-corrected chi connectivity index (χ4v) is 1.77. The molecule has 0 aliphatic heterocycles. The van der Waals surface area contributed by atoms with Gasteiger partial charge in [0.25, 0.3) is 0 Å². The number of halogens is 1. The summed E-state index contributed by atoms with van der Waals surface area (Å²) in [6.45, 7) is 1.80. The molecule has 2 nitrogen and oxygen atoms in total. The van der Waals surface area contributed by atoms with Crippen molar-refractivity contribution in [2.75, 3.05) is 0 Å². The molecule has 0 aromatic heterocycles. The van der Waals surface area contributed by atoms with Gasteiger partial charge in [-0.3, -0.25) is 0 Å². The highest BCUT2D eigenvalue weighted by molar-refractivity contribution is 9.08. The van der Waals surface area contributed by atoms with Crippen molar-refractivity contribution in [2.45, 2.75) is 12.3 Å². The molecular weight excluding hydrogens is 244 g/mol. The van der Waals surface area contributed by atoms with Crippen molar-refractivity contribution in [3.8, 4) is 0 Å². The van der Waals surface area contributed by atoms with Gasteiger partial charge in [-0.05, 0) is 23.6 Å². The van der Waals surface area contributed by atoms with E-state index in [0.717, 1.165) is 22.0 Å². The normalized spacial score (nSPS) is 11.4. The van der Waals surface area contributed by atoms with Gasteiger partial charge < -0.3 is 5.11 Å². The lowest BCUT2D eigenvalue weighted by Gasteiger charge is -2.06. The first-order chi connectivity index (χ1) is 6.65. The van der Waals surface area contributed by atoms with E-state index in [4.69, 9.17) is 5.11 Å². The van der Waals surface area contributed by atoms with Crippen molar-refractivity contribution in [3.63, 3.8) is 0 Å². The second-order valence-electron chi connectivity index (χ2n) is 2.96. The van der Waals surface area contributed by atoms with Gasteiger partial charge in [0.2, 0.25) is 0 Å². The predicted octanol–water partition coefficient (Wildman–Crippen LogP) is 3.07. The Balaban J connectivity index is 3.11. The minimum absolute atomic E-state index is 0.730. The maximum absolute atomic E-state index is 10.5. The highest BCUT2D eigenvalue weighted by Gasteiger charge is 2.03. The molecule has 0 bridgehead atoms. The van der Waals surface area contributed by atoms with E-state index in [1.54, 1.807) is 6.92 Å². The molecule has 0 spiro atoms. The van der Waals surface area contributed by atoms with Crippen molar-refractivity contribution in [1.29, 1.82) is 0 Å². The number of carboxylic acids is 1. The summed E-state index contributed by atoms with van der Waals surface area (Å²) in [7, 11) is 0. The molecule has 0 aliphatic rings. The van der Waals surface area contributed by atoms with Gasteiger partial charge in [-0.15, -0.1) is 0 Å². The Morgan fingerprint density at radius 3 is 2.71 bits per heavy atom. The van der Waals surface area contributed by atoms with Crippen LogP contribution in [0.1, 0.15) is 18.1 Å². The summed E-state index contributed by atoms with van der Waals surface area (Å²) in [5.74, 6) is -0.910. The zero-order chi connectivity index (χ0) is 10.6. The molecule has 0 saturated carbocycles. The quantitative estimate of drug-likeness (QED) is 0.665. The van der Waals surface area contributed by atoms with Gasteiger partial charge in [-0.25, -0.2) is 4.79 Å². The van der Waals surface area contributed by atoms with E-state index < -0.39 is 5.97 Å². The van der Waals surface area contributed by atoms with Crippen molar-refractivity contribution in [1.82, 2.24) is 0 Å². The molecule has 0 fully saturated rings. The molecule has 0 saturated heterocycles. The Bertz CT molecular complexity index is 369. The standard InChI is InChI=1S/C11H11BrO2/c1-8(6-11(13)14)10-5-3-2-4-9(10)7-12/h2-6H,7H2,1H3,(H,13,14). The van der Waals surface area contributed by atoms with Crippen LogP contribution in [0, 0.1) is 0 Å². The smallest absolute Gasteiger partial charge is 0.328 e. The summed E-state index contributed by atoms with van der Waals surface area (Å²) in [6.07, 6.45) is 1.22. The number of carbonyl (C=O) groups is 1. The van der Waals surface area contributed by atoms with Crippen LogP contribution < -0.4 is 0 Å². The molecule has 0 unspecified atom stereocenters. The minimum Gasteiger partial charge on any atom is -0.478 e. The third-order valence-electron chi connectivity index (χ3n) is 1.93. The van der Waals surface area contributed by atoms with Crippen LogP contribution in [-0.2, 0) is 10.1 Å². The zero-order valence-corrected chi connectivity index (χ0v) is 9.41.